The van der Waals surface area contributed by atoms with Crippen molar-refractivity contribution in [1.82, 2.24) is 0 Å². The number of nitro groups is 1. The number of anilines is 1. The SMILES string of the molecule is O=C(Nc1cccc(OC(=O)c2ccc(Oc3ccccc3)cc2)c1)c1ccc([N+](=O)[O-])cc1. The predicted molar refractivity (Wildman–Crippen MR) is 125 cm³/mol. The molecule has 0 aliphatic rings. The van der Waals surface area contributed by atoms with Gasteiger partial charge in [0.15, 0.2) is 0 Å². The topological polar surface area (TPSA) is 108 Å². The number of carbonyl (C=O) groups excluding carboxylic acids is 2. The number of para-hydroxylation sites is 1. The fourth-order valence-electron chi connectivity index (χ4n) is 3.02. The van der Waals surface area contributed by atoms with Crippen LogP contribution in [-0.4, -0.2) is 16.8 Å². The van der Waals surface area contributed by atoms with E-state index in [2.05, 4.69) is 5.32 Å². The molecular weight excluding hydrogens is 436 g/mol. The van der Waals surface area contributed by atoms with E-state index in [-0.39, 0.29) is 17.0 Å². The molecule has 0 saturated carbocycles. The van der Waals surface area contributed by atoms with Gasteiger partial charge in [-0.25, -0.2) is 4.79 Å². The Morgan fingerprint density at radius 2 is 1.32 bits per heavy atom. The van der Waals surface area contributed by atoms with Crippen molar-refractivity contribution in [2.75, 3.05) is 5.32 Å². The number of rotatable bonds is 7. The molecule has 0 atom stereocenters. The van der Waals surface area contributed by atoms with Crippen molar-refractivity contribution < 1.29 is 24.0 Å². The van der Waals surface area contributed by atoms with Crippen LogP contribution in [0.5, 0.6) is 17.2 Å². The Kier molecular flexibility index (Phi) is 6.60. The minimum Gasteiger partial charge on any atom is -0.457 e. The summed E-state index contributed by atoms with van der Waals surface area (Å²) in [4.78, 5) is 35.1. The molecule has 34 heavy (non-hydrogen) atoms. The highest BCUT2D eigenvalue weighted by atomic mass is 16.6. The fraction of sp³-hybridized carbons (Fsp3) is 0. The number of benzene rings is 4. The molecule has 0 aromatic heterocycles. The van der Waals surface area contributed by atoms with Gasteiger partial charge in [0, 0.05) is 29.4 Å². The molecule has 0 aliphatic heterocycles. The number of hydrogen-bond donors (Lipinski definition) is 1. The molecule has 4 aromatic rings. The summed E-state index contributed by atoms with van der Waals surface area (Å²) in [5.74, 6) is 0.498. The maximum Gasteiger partial charge on any atom is 0.343 e. The maximum atomic E-state index is 12.5. The lowest BCUT2D eigenvalue weighted by atomic mass is 10.2. The van der Waals surface area contributed by atoms with E-state index >= 15 is 0 Å². The van der Waals surface area contributed by atoms with E-state index in [9.17, 15) is 19.7 Å². The van der Waals surface area contributed by atoms with Gasteiger partial charge in [-0.3, -0.25) is 14.9 Å². The zero-order valence-electron chi connectivity index (χ0n) is 17.7. The van der Waals surface area contributed by atoms with Crippen LogP contribution < -0.4 is 14.8 Å². The van der Waals surface area contributed by atoms with E-state index in [0.29, 0.717) is 22.7 Å². The first-order chi connectivity index (χ1) is 16.5. The second-order valence-corrected chi connectivity index (χ2v) is 7.11. The minimum atomic E-state index is -0.565. The zero-order valence-corrected chi connectivity index (χ0v) is 17.7. The summed E-state index contributed by atoms with van der Waals surface area (Å²) in [5, 5.41) is 13.4. The minimum absolute atomic E-state index is 0.106. The molecule has 0 aliphatic carbocycles. The first-order valence-corrected chi connectivity index (χ1v) is 10.2. The van der Waals surface area contributed by atoms with Crippen LogP contribution >= 0.6 is 0 Å². The number of carbonyl (C=O) groups is 2. The second kappa shape index (κ2) is 10.1. The number of amides is 1. The van der Waals surface area contributed by atoms with Crippen molar-refractivity contribution >= 4 is 23.3 Å². The molecule has 1 amide bonds. The molecule has 8 heteroatoms. The number of non-ortho nitro benzene ring substituents is 1. The molecule has 0 spiro atoms. The summed E-state index contributed by atoms with van der Waals surface area (Å²) in [6.07, 6.45) is 0. The lowest BCUT2D eigenvalue weighted by Gasteiger charge is -2.09. The van der Waals surface area contributed by atoms with Crippen molar-refractivity contribution in [3.63, 3.8) is 0 Å². The quantitative estimate of drug-likeness (QED) is 0.162. The molecule has 4 rings (SSSR count). The number of ether oxygens (including phenoxy) is 2. The third-order valence-electron chi connectivity index (χ3n) is 4.71. The zero-order chi connectivity index (χ0) is 23.9. The highest BCUT2D eigenvalue weighted by molar-refractivity contribution is 6.04. The number of esters is 1. The van der Waals surface area contributed by atoms with Crippen LogP contribution in [0.4, 0.5) is 11.4 Å². The number of nitrogens with one attached hydrogen (secondary N) is 1. The fourth-order valence-corrected chi connectivity index (χ4v) is 3.02. The molecule has 0 unspecified atom stereocenters. The predicted octanol–water partition coefficient (Wildman–Crippen LogP) is 5.86. The van der Waals surface area contributed by atoms with Crippen LogP contribution in [0.25, 0.3) is 0 Å². The van der Waals surface area contributed by atoms with Crippen molar-refractivity contribution in [3.05, 3.63) is 124 Å². The van der Waals surface area contributed by atoms with E-state index in [1.807, 2.05) is 30.3 Å². The standard InChI is InChI=1S/C26H18N2O6/c29-25(18-9-13-21(14-10-18)28(31)32)27-20-5-4-8-24(17-20)34-26(30)19-11-15-23(16-12-19)33-22-6-2-1-3-7-22/h1-17H,(H,27,29). The third kappa shape index (κ3) is 5.63. The summed E-state index contributed by atoms with van der Waals surface area (Å²) < 4.78 is 11.1. The molecule has 168 valence electrons. The molecule has 0 heterocycles. The Hall–Kier alpha value is -4.98. The first kappa shape index (κ1) is 22.2. The highest BCUT2D eigenvalue weighted by Crippen LogP contribution is 2.23. The van der Waals surface area contributed by atoms with Gasteiger partial charge in [-0.1, -0.05) is 24.3 Å². The van der Waals surface area contributed by atoms with Crippen LogP contribution in [0, 0.1) is 10.1 Å². The smallest absolute Gasteiger partial charge is 0.343 e. The van der Waals surface area contributed by atoms with E-state index in [1.54, 1.807) is 42.5 Å². The number of nitrogens with zero attached hydrogens (tertiary/aromatic N) is 1. The average Bonchev–Trinajstić information content (AvgIpc) is 2.85. The molecule has 4 aromatic carbocycles. The van der Waals surface area contributed by atoms with Gasteiger partial charge in [-0.05, 0) is 60.7 Å². The maximum absolute atomic E-state index is 12.5. The van der Waals surface area contributed by atoms with Crippen LogP contribution in [0.2, 0.25) is 0 Å². The highest BCUT2D eigenvalue weighted by Gasteiger charge is 2.12. The summed E-state index contributed by atoms with van der Waals surface area (Å²) in [7, 11) is 0. The Balaban J connectivity index is 1.38. The lowest BCUT2D eigenvalue weighted by molar-refractivity contribution is -0.384. The van der Waals surface area contributed by atoms with E-state index in [0.717, 1.165) is 0 Å². The Bertz CT molecular complexity index is 1320. The molecule has 0 bridgehead atoms. The molecule has 0 radical (unpaired) electrons. The summed E-state index contributed by atoms with van der Waals surface area (Å²) >= 11 is 0. The van der Waals surface area contributed by atoms with Crippen molar-refractivity contribution in [2.24, 2.45) is 0 Å². The van der Waals surface area contributed by atoms with E-state index in [1.165, 1.54) is 30.3 Å². The van der Waals surface area contributed by atoms with Gasteiger partial charge in [-0.15, -0.1) is 0 Å². The first-order valence-electron chi connectivity index (χ1n) is 10.2. The summed E-state index contributed by atoms with van der Waals surface area (Å²) in [5.41, 5.74) is 0.886. The lowest BCUT2D eigenvalue weighted by Crippen LogP contribution is -2.12. The Morgan fingerprint density at radius 3 is 2.00 bits per heavy atom. The molecule has 8 nitrogen and oxygen atoms in total. The third-order valence-corrected chi connectivity index (χ3v) is 4.71. The average molecular weight is 454 g/mol. The van der Waals surface area contributed by atoms with Crippen LogP contribution in [0.1, 0.15) is 20.7 Å². The van der Waals surface area contributed by atoms with Crippen LogP contribution in [0.15, 0.2) is 103 Å². The number of hydrogen-bond acceptors (Lipinski definition) is 6. The van der Waals surface area contributed by atoms with Crippen molar-refractivity contribution in [1.29, 1.82) is 0 Å². The van der Waals surface area contributed by atoms with Gasteiger partial charge in [0.05, 0.1) is 10.5 Å². The molecule has 1 N–H and O–H groups in total. The van der Waals surface area contributed by atoms with Crippen LogP contribution in [0.3, 0.4) is 0 Å². The summed E-state index contributed by atoms with van der Waals surface area (Å²) in [6, 6.07) is 27.4. The van der Waals surface area contributed by atoms with Crippen molar-refractivity contribution in [3.8, 4) is 17.2 Å². The van der Waals surface area contributed by atoms with Gasteiger partial charge >= 0.3 is 5.97 Å². The Labute approximate surface area is 194 Å². The Morgan fingerprint density at radius 1 is 0.706 bits per heavy atom. The van der Waals surface area contributed by atoms with Gasteiger partial charge in [0.2, 0.25) is 0 Å². The second-order valence-electron chi connectivity index (χ2n) is 7.11. The monoisotopic (exact) mass is 454 g/mol. The van der Waals surface area contributed by atoms with Gasteiger partial charge in [0.25, 0.3) is 11.6 Å². The molecule has 0 fully saturated rings. The normalized spacial score (nSPS) is 10.2. The molecule has 0 saturated heterocycles. The largest absolute Gasteiger partial charge is 0.457 e. The molecular formula is C26H18N2O6. The van der Waals surface area contributed by atoms with Crippen molar-refractivity contribution in [2.45, 2.75) is 0 Å². The van der Waals surface area contributed by atoms with Gasteiger partial charge in [0.1, 0.15) is 17.2 Å². The summed E-state index contributed by atoms with van der Waals surface area (Å²) in [6.45, 7) is 0. The number of nitro benzene ring substituents is 1. The van der Waals surface area contributed by atoms with E-state index in [4.69, 9.17) is 9.47 Å². The van der Waals surface area contributed by atoms with E-state index < -0.39 is 16.8 Å². The van der Waals surface area contributed by atoms with Gasteiger partial charge in [-0.2, -0.15) is 0 Å². The van der Waals surface area contributed by atoms with Gasteiger partial charge < -0.3 is 14.8 Å². The van der Waals surface area contributed by atoms with Crippen LogP contribution in [-0.2, 0) is 0 Å².